The van der Waals surface area contributed by atoms with Crippen molar-refractivity contribution in [3.63, 3.8) is 0 Å². The van der Waals surface area contributed by atoms with Gasteiger partial charge in [0, 0.05) is 18.9 Å². The average Bonchev–Trinajstić information content (AvgIpc) is 2.67. The summed E-state index contributed by atoms with van der Waals surface area (Å²) in [5.41, 5.74) is -0.0636. The molecule has 0 aromatic carbocycles. The molecule has 1 amide bonds. The number of hydrogen-bond donors (Lipinski definition) is 0. The SMILES string of the molecule is O=Cc1c(Cl)ncnc1N1CC(CS(=O)(=O)F)CC1=O. The molecule has 1 saturated heterocycles. The summed E-state index contributed by atoms with van der Waals surface area (Å²) in [5, 5.41) is -0.112. The predicted octanol–water partition coefficient (Wildman–Crippen LogP) is 0.595. The van der Waals surface area contributed by atoms with Crippen LogP contribution in [0.3, 0.4) is 0 Å². The summed E-state index contributed by atoms with van der Waals surface area (Å²) in [6.45, 7) is -0.0455. The molecule has 2 rings (SSSR count). The van der Waals surface area contributed by atoms with Gasteiger partial charge in [0.25, 0.3) is 0 Å². The van der Waals surface area contributed by atoms with Crippen molar-refractivity contribution in [1.82, 2.24) is 9.97 Å². The van der Waals surface area contributed by atoms with Crippen LogP contribution < -0.4 is 4.90 Å². The third kappa shape index (κ3) is 3.10. The van der Waals surface area contributed by atoms with Gasteiger partial charge in [0.2, 0.25) is 5.91 Å². The first-order chi connectivity index (χ1) is 9.31. The van der Waals surface area contributed by atoms with E-state index in [4.69, 9.17) is 11.6 Å². The number of hydrogen-bond acceptors (Lipinski definition) is 6. The molecule has 0 aliphatic carbocycles. The number of nitrogens with zero attached hydrogens (tertiary/aromatic N) is 3. The number of rotatable bonds is 4. The van der Waals surface area contributed by atoms with E-state index in [0.717, 1.165) is 11.2 Å². The number of anilines is 1. The molecule has 1 aliphatic rings. The van der Waals surface area contributed by atoms with Gasteiger partial charge in [0.15, 0.2) is 12.1 Å². The largest absolute Gasteiger partial charge is 0.302 e. The Morgan fingerprint density at radius 2 is 2.20 bits per heavy atom. The lowest BCUT2D eigenvalue weighted by molar-refractivity contribution is -0.117. The monoisotopic (exact) mass is 321 g/mol. The van der Waals surface area contributed by atoms with E-state index in [0.29, 0.717) is 6.29 Å². The number of carbonyl (C=O) groups is 2. The van der Waals surface area contributed by atoms with Crippen LogP contribution in [-0.4, -0.2) is 42.9 Å². The smallest absolute Gasteiger partial charge is 0.298 e. The highest BCUT2D eigenvalue weighted by molar-refractivity contribution is 7.86. The molecule has 1 aromatic rings. The minimum atomic E-state index is -4.67. The molecule has 0 saturated carbocycles. The van der Waals surface area contributed by atoms with Gasteiger partial charge in [0.1, 0.15) is 11.5 Å². The molecule has 1 fully saturated rings. The van der Waals surface area contributed by atoms with Crippen molar-refractivity contribution in [2.24, 2.45) is 5.92 Å². The van der Waals surface area contributed by atoms with Crippen molar-refractivity contribution in [1.29, 1.82) is 0 Å². The summed E-state index contributed by atoms with van der Waals surface area (Å²) in [7, 11) is -4.67. The fourth-order valence-electron chi connectivity index (χ4n) is 2.06. The molecule has 20 heavy (non-hydrogen) atoms. The molecular formula is C10H9ClFN3O4S. The zero-order valence-electron chi connectivity index (χ0n) is 9.99. The first kappa shape index (κ1) is 14.8. The van der Waals surface area contributed by atoms with Crippen molar-refractivity contribution < 1.29 is 21.9 Å². The number of halogens is 2. The standard InChI is InChI=1S/C10H9ClFN3O4S/c11-9-7(3-16)10(14-5-13-9)15-2-6(1-8(15)17)4-20(12,18)19/h3,5-6H,1-2,4H2. The van der Waals surface area contributed by atoms with Crippen molar-refractivity contribution in [2.75, 3.05) is 17.2 Å². The summed E-state index contributed by atoms with van der Waals surface area (Å²) >= 11 is 5.72. The Bertz CT molecular complexity index is 666. The van der Waals surface area contributed by atoms with E-state index < -0.39 is 27.8 Å². The predicted molar refractivity (Wildman–Crippen MR) is 67.8 cm³/mol. The Kier molecular flexibility index (Phi) is 4.00. The Labute approximate surface area is 119 Å². The molecule has 1 atom stereocenters. The molecule has 2 heterocycles. The topological polar surface area (TPSA) is 97.3 Å². The first-order valence-corrected chi connectivity index (χ1v) is 7.43. The van der Waals surface area contributed by atoms with Gasteiger partial charge >= 0.3 is 10.2 Å². The van der Waals surface area contributed by atoms with Crippen LogP contribution in [0.4, 0.5) is 9.70 Å². The Morgan fingerprint density at radius 3 is 2.80 bits per heavy atom. The second kappa shape index (κ2) is 5.41. The van der Waals surface area contributed by atoms with Crippen LogP contribution in [0.5, 0.6) is 0 Å². The highest BCUT2D eigenvalue weighted by Gasteiger charge is 2.35. The Morgan fingerprint density at radius 1 is 1.50 bits per heavy atom. The van der Waals surface area contributed by atoms with Gasteiger partial charge in [-0.3, -0.25) is 14.5 Å². The number of aldehydes is 1. The van der Waals surface area contributed by atoms with E-state index in [9.17, 15) is 21.9 Å². The zero-order valence-corrected chi connectivity index (χ0v) is 11.6. The van der Waals surface area contributed by atoms with Crippen LogP contribution in [0.2, 0.25) is 5.15 Å². The van der Waals surface area contributed by atoms with Crippen molar-refractivity contribution in [2.45, 2.75) is 6.42 Å². The van der Waals surface area contributed by atoms with Crippen LogP contribution in [0.15, 0.2) is 6.33 Å². The van der Waals surface area contributed by atoms with Crippen LogP contribution >= 0.6 is 11.6 Å². The highest BCUT2D eigenvalue weighted by Crippen LogP contribution is 2.28. The van der Waals surface area contributed by atoms with Crippen molar-refractivity contribution in [3.8, 4) is 0 Å². The first-order valence-electron chi connectivity index (χ1n) is 5.50. The molecule has 0 spiro atoms. The maximum Gasteiger partial charge on any atom is 0.302 e. The third-order valence-corrected chi connectivity index (χ3v) is 4.00. The van der Waals surface area contributed by atoms with Gasteiger partial charge in [-0.05, 0) is 0 Å². The lowest BCUT2D eigenvalue weighted by Crippen LogP contribution is -2.27. The Balaban J connectivity index is 2.29. The normalized spacial score (nSPS) is 19.4. The van der Waals surface area contributed by atoms with Crippen LogP contribution in [0, 0.1) is 5.92 Å². The van der Waals surface area contributed by atoms with E-state index in [-0.39, 0.29) is 29.5 Å². The van der Waals surface area contributed by atoms with Crippen LogP contribution in [0.1, 0.15) is 16.8 Å². The maximum absolute atomic E-state index is 12.6. The molecule has 0 bridgehead atoms. The van der Waals surface area contributed by atoms with Gasteiger partial charge in [-0.25, -0.2) is 9.97 Å². The van der Waals surface area contributed by atoms with Crippen molar-refractivity contribution >= 4 is 39.8 Å². The summed E-state index contributed by atoms with van der Waals surface area (Å²) in [6, 6.07) is 0. The maximum atomic E-state index is 12.6. The summed E-state index contributed by atoms with van der Waals surface area (Å²) in [4.78, 5) is 31.3. The number of aromatic nitrogens is 2. The molecule has 108 valence electrons. The molecule has 7 nitrogen and oxygen atoms in total. The summed E-state index contributed by atoms with van der Waals surface area (Å²) < 4.78 is 33.9. The number of amides is 1. The zero-order chi connectivity index (χ0) is 14.9. The van der Waals surface area contributed by atoms with E-state index >= 15 is 0 Å². The quantitative estimate of drug-likeness (QED) is 0.457. The lowest BCUT2D eigenvalue weighted by Gasteiger charge is -2.16. The lowest BCUT2D eigenvalue weighted by atomic mass is 10.1. The fourth-order valence-corrected chi connectivity index (χ4v) is 3.02. The highest BCUT2D eigenvalue weighted by atomic mass is 35.5. The van der Waals surface area contributed by atoms with Gasteiger partial charge in [-0.15, -0.1) is 3.89 Å². The molecule has 1 aromatic heterocycles. The van der Waals surface area contributed by atoms with Crippen LogP contribution in [0.25, 0.3) is 0 Å². The summed E-state index contributed by atoms with van der Waals surface area (Å²) in [5.74, 6) is -1.88. The number of carbonyl (C=O) groups excluding carboxylic acids is 2. The van der Waals surface area contributed by atoms with Gasteiger partial charge in [-0.1, -0.05) is 11.6 Å². The van der Waals surface area contributed by atoms with Gasteiger partial charge in [0.05, 0.1) is 11.3 Å². The minimum Gasteiger partial charge on any atom is -0.298 e. The Hall–Kier alpha value is -1.61. The average molecular weight is 322 g/mol. The fraction of sp³-hybridized carbons (Fsp3) is 0.400. The minimum absolute atomic E-state index is 0.00348. The van der Waals surface area contributed by atoms with Crippen LogP contribution in [-0.2, 0) is 15.0 Å². The van der Waals surface area contributed by atoms with Gasteiger partial charge in [-0.2, -0.15) is 8.42 Å². The molecule has 1 unspecified atom stereocenters. The molecular weight excluding hydrogens is 313 g/mol. The third-order valence-electron chi connectivity index (χ3n) is 2.83. The molecule has 1 aliphatic heterocycles. The van der Waals surface area contributed by atoms with E-state index in [2.05, 4.69) is 9.97 Å². The van der Waals surface area contributed by atoms with E-state index in [1.54, 1.807) is 0 Å². The molecule has 0 N–H and O–H groups in total. The molecule has 10 heteroatoms. The summed E-state index contributed by atoms with van der Waals surface area (Å²) in [6.07, 6.45) is 1.35. The van der Waals surface area contributed by atoms with E-state index in [1.807, 2.05) is 0 Å². The second-order valence-corrected chi connectivity index (χ2v) is 6.07. The molecule has 0 radical (unpaired) electrons. The van der Waals surface area contributed by atoms with Gasteiger partial charge < -0.3 is 0 Å². The van der Waals surface area contributed by atoms with E-state index in [1.165, 1.54) is 0 Å². The van der Waals surface area contributed by atoms with Crippen molar-refractivity contribution in [3.05, 3.63) is 17.0 Å². The second-order valence-electron chi connectivity index (χ2n) is 4.30.